The van der Waals surface area contributed by atoms with Crippen molar-refractivity contribution in [2.75, 3.05) is 48.1 Å². The minimum absolute atomic E-state index is 0.231. The van der Waals surface area contributed by atoms with Crippen molar-refractivity contribution in [2.45, 2.75) is 19.5 Å². The van der Waals surface area contributed by atoms with Gasteiger partial charge in [-0.25, -0.2) is 4.79 Å². The Morgan fingerprint density at radius 2 is 1.33 bits per heavy atom. The van der Waals surface area contributed by atoms with E-state index in [0.29, 0.717) is 6.61 Å². The van der Waals surface area contributed by atoms with Gasteiger partial charge < -0.3 is 23.7 Å². The maximum absolute atomic E-state index is 11.8. The Balaban J connectivity index is 4.54. The van der Waals surface area contributed by atoms with Crippen molar-refractivity contribution in [2.24, 2.45) is 0 Å². The van der Waals surface area contributed by atoms with Gasteiger partial charge in [-0.3, -0.25) is 4.90 Å². The molecule has 0 rings (SSSR count). The van der Waals surface area contributed by atoms with Gasteiger partial charge in [0.25, 0.3) is 0 Å². The molecule has 0 fully saturated rings. The van der Waals surface area contributed by atoms with Crippen LogP contribution in [0.2, 0.25) is 0 Å². The molecular weight excluding hydrogens is 242 g/mol. The highest BCUT2D eigenvalue weighted by atomic mass is 16.7. The van der Waals surface area contributed by atoms with E-state index in [-0.39, 0.29) is 13.1 Å². The minimum Gasteiger partial charge on any atom is -0.450 e. The van der Waals surface area contributed by atoms with Crippen LogP contribution < -0.4 is 0 Å². The average molecular weight is 265 g/mol. The predicted octanol–water partition coefficient (Wildman–Crippen LogP) is 0.683. The lowest BCUT2D eigenvalue weighted by atomic mass is 10.4. The summed E-state index contributed by atoms with van der Waals surface area (Å²) in [6.45, 7) is 2.50. The minimum atomic E-state index is -0.524. The van der Waals surface area contributed by atoms with E-state index in [4.69, 9.17) is 23.7 Å². The van der Waals surface area contributed by atoms with Gasteiger partial charge in [0.05, 0.1) is 19.7 Å². The summed E-state index contributed by atoms with van der Waals surface area (Å²) in [6, 6.07) is 0. The first-order chi connectivity index (χ1) is 8.62. The molecule has 0 aliphatic carbocycles. The smallest absolute Gasteiger partial charge is 0.410 e. The number of carbonyl (C=O) groups excluding carboxylic acids is 1. The Labute approximate surface area is 108 Å². The molecule has 0 aliphatic rings. The van der Waals surface area contributed by atoms with E-state index in [0.717, 1.165) is 0 Å². The number of rotatable bonds is 9. The number of methoxy groups -OCH3 is 4. The van der Waals surface area contributed by atoms with E-state index in [2.05, 4.69) is 0 Å². The van der Waals surface area contributed by atoms with Crippen LogP contribution in [-0.2, 0) is 23.7 Å². The molecule has 7 heteroatoms. The van der Waals surface area contributed by atoms with Crippen LogP contribution in [0.4, 0.5) is 4.79 Å². The molecule has 0 aliphatic heterocycles. The number of ether oxygens (including phenoxy) is 5. The predicted molar refractivity (Wildman–Crippen MR) is 64.2 cm³/mol. The highest BCUT2D eigenvalue weighted by Crippen LogP contribution is 2.04. The Kier molecular flexibility index (Phi) is 9.57. The lowest BCUT2D eigenvalue weighted by Gasteiger charge is -2.27. The molecule has 0 unspecified atom stereocenters. The molecule has 0 radical (unpaired) electrons. The van der Waals surface area contributed by atoms with E-state index in [9.17, 15) is 4.79 Å². The lowest BCUT2D eigenvalue weighted by Crippen LogP contribution is -2.44. The molecule has 7 nitrogen and oxygen atoms in total. The molecule has 0 spiro atoms. The van der Waals surface area contributed by atoms with Gasteiger partial charge >= 0.3 is 6.09 Å². The van der Waals surface area contributed by atoms with E-state index in [1.54, 1.807) is 6.92 Å². The summed E-state index contributed by atoms with van der Waals surface area (Å²) in [4.78, 5) is 13.2. The average Bonchev–Trinajstić information content (AvgIpc) is 2.39. The topological polar surface area (TPSA) is 66.5 Å². The fraction of sp³-hybridized carbons (Fsp3) is 0.909. The molecule has 0 aromatic rings. The number of amides is 1. The third-order valence-corrected chi connectivity index (χ3v) is 2.32. The number of carbonyl (C=O) groups is 1. The van der Waals surface area contributed by atoms with Crippen molar-refractivity contribution in [1.82, 2.24) is 4.90 Å². The normalized spacial score (nSPS) is 11.1. The molecule has 108 valence electrons. The molecule has 0 bridgehead atoms. The zero-order valence-electron chi connectivity index (χ0n) is 11.7. The van der Waals surface area contributed by atoms with E-state index < -0.39 is 18.7 Å². The summed E-state index contributed by atoms with van der Waals surface area (Å²) in [6.07, 6.45) is -1.51. The van der Waals surface area contributed by atoms with Crippen LogP contribution >= 0.6 is 0 Å². The molecule has 0 heterocycles. The second-order valence-electron chi connectivity index (χ2n) is 3.41. The third kappa shape index (κ3) is 6.15. The van der Waals surface area contributed by atoms with Gasteiger partial charge in [0, 0.05) is 28.4 Å². The van der Waals surface area contributed by atoms with Gasteiger partial charge in [-0.1, -0.05) is 0 Å². The molecule has 0 saturated carbocycles. The van der Waals surface area contributed by atoms with Crippen LogP contribution in [0.25, 0.3) is 0 Å². The van der Waals surface area contributed by atoms with Crippen LogP contribution in [0, 0.1) is 0 Å². The van der Waals surface area contributed by atoms with Gasteiger partial charge in [-0.2, -0.15) is 0 Å². The molecule has 1 amide bonds. The molecule has 0 saturated heterocycles. The number of hydrogen-bond acceptors (Lipinski definition) is 6. The monoisotopic (exact) mass is 265 g/mol. The second kappa shape index (κ2) is 10.1. The van der Waals surface area contributed by atoms with Crippen molar-refractivity contribution in [3.8, 4) is 0 Å². The molecule has 0 N–H and O–H groups in total. The fourth-order valence-electron chi connectivity index (χ4n) is 1.29. The summed E-state index contributed by atoms with van der Waals surface area (Å²) in [5, 5.41) is 0. The SMILES string of the molecule is CCOC(=O)N(CC(OC)OC)CC(OC)OC. The maximum atomic E-state index is 11.8. The quantitative estimate of drug-likeness (QED) is 0.571. The van der Waals surface area contributed by atoms with Crippen molar-refractivity contribution in [1.29, 1.82) is 0 Å². The molecular formula is C11H23NO6. The summed E-state index contributed by atoms with van der Waals surface area (Å²) < 4.78 is 25.2. The first-order valence-corrected chi connectivity index (χ1v) is 5.65. The zero-order chi connectivity index (χ0) is 14.0. The Bertz CT molecular complexity index is 204. The molecule has 0 aromatic carbocycles. The summed E-state index contributed by atoms with van der Waals surface area (Å²) in [5.41, 5.74) is 0. The van der Waals surface area contributed by atoms with Gasteiger partial charge in [0.15, 0.2) is 12.6 Å². The Morgan fingerprint density at radius 1 is 0.944 bits per heavy atom. The van der Waals surface area contributed by atoms with Crippen molar-refractivity contribution in [3.05, 3.63) is 0 Å². The first kappa shape index (κ1) is 17.1. The molecule has 0 aromatic heterocycles. The van der Waals surface area contributed by atoms with E-state index in [1.807, 2.05) is 0 Å². The van der Waals surface area contributed by atoms with Crippen LogP contribution in [0.3, 0.4) is 0 Å². The standard InChI is InChI=1S/C11H23NO6/c1-6-18-11(13)12(7-9(14-2)15-3)8-10(16-4)17-5/h9-10H,6-8H2,1-5H3. The van der Waals surface area contributed by atoms with Gasteiger partial charge in [-0.15, -0.1) is 0 Å². The van der Waals surface area contributed by atoms with Crippen molar-refractivity contribution >= 4 is 6.09 Å². The van der Waals surface area contributed by atoms with E-state index in [1.165, 1.54) is 33.3 Å². The van der Waals surface area contributed by atoms with Gasteiger partial charge in [0.1, 0.15) is 0 Å². The summed E-state index contributed by atoms with van der Waals surface area (Å²) >= 11 is 0. The second-order valence-corrected chi connectivity index (χ2v) is 3.41. The summed E-state index contributed by atoms with van der Waals surface area (Å²) in [7, 11) is 6.01. The highest BCUT2D eigenvalue weighted by Gasteiger charge is 2.23. The third-order valence-electron chi connectivity index (χ3n) is 2.32. The highest BCUT2D eigenvalue weighted by molar-refractivity contribution is 5.67. The van der Waals surface area contributed by atoms with Crippen LogP contribution in [0.1, 0.15) is 6.92 Å². The Hall–Kier alpha value is -0.890. The maximum Gasteiger partial charge on any atom is 0.410 e. The largest absolute Gasteiger partial charge is 0.450 e. The van der Waals surface area contributed by atoms with Gasteiger partial charge in [-0.05, 0) is 6.92 Å². The molecule has 0 atom stereocenters. The number of nitrogens with zero attached hydrogens (tertiary/aromatic N) is 1. The molecule has 18 heavy (non-hydrogen) atoms. The van der Waals surface area contributed by atoms with Crippen LogP contribution in [0.5, 0.6) is 0 Å². The lowest BCUT2D eigenvalue weighted by molar-refractivity contribution is -0.139. The zero-order valence-corrected chi connectivity index (χ0v) is 11.7. The Morgan fingerprint density at radius 3 is 1.61 bits per heavy atom. The fourth-order valence-corrected chi connectivity index (χ4v) is 1.29. The van der Waals surface area contributed by atoms with Crippen LogP contribution in [0.15, 0.2) is 0 Å². The van der Waals surface area contributed by atoms with Gasteiger partial charge in [0.2, 0.25) is 0 Å². The first-order valence-electron chi connectivity index (χ1n) is 5.65. The number of hydrogen-bond donors (Lipinski definition) is 0. The van der Waals surface area contributed by atoms with Crippen molar-refractivity contribution < 1.29 is 28.5 Å². The van der Waals surface area contributed by atoms with E-state index >= 15 is 0 Å². The van der Waals surface area contributed by atoms with Crippen molar-refractivity contribution in [3.63, 3.8) is 0 Å². The van der Waals surface area contributed by atoms with Crippen LogP contribution in [-0.4, -0.2) is 71.7 Å². The summed E-state index contributed by atoms with van der Waals surface area (Å²) in [5.74, 6) is 0.